The smallest absolute Gasteiger partial charge is 0.456 e. The van der Waals surface area contributed by atoms with Crippen LogP contribution in [0.3, 0.4) is 0 Å². The summed E-state index contributed by atoms with van der Waals surface area (Å²) < 4.78 is 101. The quantitative estimate of drug-likeness (QED) is 0.441. The van der Waals surface area contributed by atoms with Crippen molar-refractivity contribution in [2.45, 2.75) is 24.2 Å². The zero-order valence-electron chi connectivity index (χ0n) is 8.41. The van der Waals surface area contributed by atoms with Crippen molar-refractivity contribution in [3.63, 3.8) is 0 Å². The fourth-order valence-corrected chi connectivity index (χ4v) is 0.708. The molecule has 18 heavy (non-hydrogen) atoms. The summed E-state index contributed by atoms with van der Waals surface area (Å²) in [6.07, 6.45) is -11.0. The summed E-state index contributed by atoms with van der Waals surface area (Å²) in [6, 6.07) is 0. The second kappa shape index (κ2) is 5.11. The molecular formula is C8H6F8O2. The fraction of sp³-hybridized carbons (Fsp3) is 0.625. The molecule has 1 atom stereocenters. The minimum absolute atomic E-state index is 0.352. The zero-order chi connectivity index (χ0) is 14.8. The topological polar surface area (TPSA) is 26.3 Å². The van der Waals surface area contributed by atoms with Crippen LogP contribution in [0.1, 0.15) is 0 Å². The average Bonchev–Trinajstić information content (AvgIpc) is 2.23. The number of halogens is 8. The van der Waals surface area contributed by atoms with Crippen molar-refractivity contribution in [3.05, 3.63) is 12.7 Å². The van der Waals surface area contributed by atoms with E-state index < -0.39 is 36.8 Å². The van der Waals surface area contributed by atoms with Crippen LogP contribution in [0.2, 0.25) is 0 Å². The lowest BCUT2D eigenvalue weighted by atomic mass is 10.1. The lowest BCUT2D eigenvalue weighted by Gasteiger charge is -2.28. The first-order chi connectivity index (χ1) is 7.86. The highest BCUT2D eigenvalue weighted by Gasteiger charge is 2.70. The molecule has 0 heterocycles. The first-order valence-corrected chi connectivity index (χ1v) is 4.12. The van der Waals surface area contributed by atoms with Crippen LogP contribution in [0, 0.1) is 0 Å². The average molecular weight is 286 g/mol. The van der Waals surface area contributed by atoms with E-state index in [0.29, 0.717) is 6.08 Å². The van der Waals surface area contributed by atoms with E-state index in [0.717, 1.165) is 0 Å². The lowest BCUT2D eigenvalue weighted by Crippen LogP contribution is -2.54. The lowest BCUT2D eigenvalue weighted by molar-refractivity contribution is -0.329. The van der Waals surface area contributed by atoms with Crippen molar-refractivity contribution >= 4 is 5.97 Å². The molecule has 0 bridgehead atoms. The molecule has 0 fully saturated rings. The summed E-state index contributed by atoms with van der Waals surface area (Å²) in [5.74, 6) is -13.0. The zero-order valence-corrected chi connectivity index (χ0v) is 8.41. The number of carbonyl (C=O) groups excluding carboxylic acids is 1. The molecule has 0 rings (SSSR count). The van der Waals surface area contributed by atoms with Crippen molar-refractivity contribution in [2.75, 3.05) is 6.61 Å². The number of rotatable bonds is 5. The molecule has 0 aromatic carbocycles. The van der Waals surface area contributed by atoms with Gasteiger partial charge in [-0.2, -0.15) is 30.7 Å². The number of ether oxygens (including phenoxy) is 1. The Hall–Kier alpha value is -1.35. The van der Waals surface area contributed by atoms with Gasteiger partial charge in [-0.3, -0.25) is 0 Å². The van der Waals surface area contributed by atoms with Crippen LogP contribution >= 0.6 is 0 Å². The second-order valence-electron chi connectivity index (χ2n) is 3.06. The highest BCUT2D eigenvalue weighted by atomic mass is 19.4. The van der Waals surface area contributed by atoms with Crippen LogP contribution in [0.4, 0.5) is 35.1 Å². The monoisotopic (exact) mass is 286 g/mol. The molecule has 0 aliphatic rings. The highest BCUT2D eigenvalue weighted by molar-refractivity contribution is 5.81. The molecule has 106 valence electrons. The van der Waals surface area contributed by atoms with Crippen LogP contribution in [0.25, 0.3) is 0 Å². The van der Waals surface area contributed by atoms with Gasteiger partial charge in [-0.25, -0.2) is 9.18 Å². The number of hydrogen-bond acceptors (Lipinski definition) is 2. The van der Waals surface area contributed by atoms with Crippen molar-refractivity contribution in [1.29, 1.82) is 0 Å². The predicted octanol–water partition coefficient (Wildman–Crippen LogP) is 2.89. The van der Waals surface area contributed by atoms with Gasteiger partial charge in [-0.05, 0) is 0 Å². The molecule has 0 aliphatic carbocycles. The van der Waals surface area contributed by atoms with Gasteiger partial charge in [0.25, 0.3) is 0 Å². The first-order valence-electron chi connectivity index (χ1n) is 4.12. The summed E-state index contributed by atoms with van der Waals surface area (Å²) >= 11 is 0. The van der Waals surface area contributed by atoms with E-state index in [4.69, 9.17) is 0 Å². The molecule has 0 saturated carbocycles. The van der Waals surface area contributed by atoms with Crippen LogP contribution < -0.4 is 0 Å². The minimum atomic E-state index is -6.49. The predicted molar refractivity (Wildman–Crippen MR) is 42.0 cm³/mol. The van der Waals surface area contributed by atoms with E-state index in [1.165, 1.54) is 0 Å². The third-order valence-electron chi connectivity index (χ3n) is 1.64. The fourth-order valence-electron chi connectivity index (χ4n) is 0.708. The van der Waals surface area contributed by atoms with E-state index in [1.54, 1.807) is 0 Å². The number of esters is 1. The van der Waals surface area contributed by atoms with Crippen LogP contribution in [-0.4, -0.2) is 36.8 Å². The molecule has 0 spiro atoms. The Morgan fingerprint density at radius 3 is 1.94 bits per heavy atom. The Morgan fingerprint density at radius 2 is 1.61 bits per heavy atom. The molecule has 0 radical (unpaired) electrons. The maximum atomic E-state index is 12.7. The SMILES string of the molecule is C=CC(=O)OCC(F)(F)C(F)C(F)(F)C(F)(F)F. The molecule has 0 amide bonds. The molecule has 1 unspecified atom stereocenters. The standard InChI is InChI=1S/C8H6F8O2/c1-2-4(17)18-3-6(10,11)5(9)7(12,13)8(14,15)16/h2,5H,1,3H2. The summed E-state index contributed by atoms with van der Waals surface area (Å²) in [6.45, 7) is 0.494. The van der Waals surface area contributed by atoms with E-state index in [1.807, 2.05) is 0 Å². The number of alkyl halides is 8. The minimum Gasteiger partial charge on any atom is -0.456 e. The third kappa shape index (κ3) is 3.57. The molecule has 10 heteroatoms. The maximum absolute atomic E-state index is 12.7. The van der Waals surface area contributed by atoms with Gasteiger partial charge >= 0.3 is 24.0 Å². The van der Waals surface area contributed by atoms with E-state index in [2.05, 4.69) is 11.3 Å². The molecular weight excluding hydrogens is 280 g/mol. The first kappa shape index (κ1) is 16.6. The molecule has 0 saturated heterocycles. The van der Waals surface area contributed by atoms with Gasteiger partial charge in [-0.1, -0.05) is 6.58 Å². The Kier molecular flexibility index (Phi) is 4.72. The van der Waals surface area contributed by atoms with E-state index in [-0.39, 0.29) is 0 Å². The Labute approximate surface area is 95.2 Å². The van der Waals surface area contributed by atoms with Crippen LogP contribution in [0.5, 0.6) is 0 Å². The van der Waals surface area contributed by atoms with Crippen LogP contribution in [-0.2, 0) is 9.53 Å². The van der Waals surface area contributed by atoms with Gasteiger partial charge in [0.2, 0.25) is 6.17 Å². The van der Waals surface area contributed by atoms with Crippen molar-refractivity contribution in [2.24, 2.45) is 0 Å². The molecule has 0 aromatic rings. The van der Waals surface area contributed by atoms with Gasteiger partial charge in [0.1, 0.15) is 0 Å². The number of hydrogen-bond donors (Lipinski definition) is 0. The second-order valence-corrected chi connectivity index (χ2v) is 3.06. The van der Waals surface area contributed by atoms with Gasteiger partial charge in [0, 0.05) is 6.08 Å². The van der Waals surface area contributed by atoms with Gasteiger partial charge in [0.15, 0.2) is 6.61 Å². The van der Waals surface area contributed by atoms with E-state index >= 15 is 0 Å². The summed E-state index contributed by atoms with van der Waals surface area (Å²) in [7, 11) is 0. The highest BCUT2D eigenvalue weighted by Crippen LogP contribution is 2.44. The molecule has 0 aromatic heterocycles. The molecule has 0 aliphatic heterocycles. The van der Waals surface area contributed by atoms with Crippen LogP contribution in [0.15, 0.2) is 12.7 Å². The Balaban J connectivity index is 4.90. The summed E-state index contributed by atoms with van der Waals surface area (Å²) in [5, 5.41) is 0. The third-order valence-corrected chi connectivity index (χ3v) is 1.64. The Bertz CT molecular complexity index is 322. The largest absolute Gasteiger partial charge is 0.456 e. The summed E-state index contributed by atoms with van der Waals surface area (Å²) in [4.78, 5) is 10.3. The normalized spacial score (nSPS) is 15.1. The maximum Gasteiger partial charge on any atom is 0.456 e. The van der Waals surface area contributed by atoms with Gasteiger partial charge in [0.05, 0.1) is 0 Å². The molecule has 2 nitrogen and oxygen atoms in total. The molecule has 0 N–H and O–H groups in total. The van der Waals surface area contributed by atoms with E-state index in [9.17, 15) is 39.9 Å². The number of carbonyl (C=O) groups is 1. The van der Waals surface area contributed by atoms with Crippen molar-refractivity contribution in [1.82, 2.24) is 0 Å². The Morgan fingerprint density at radius 1 is 1.17 bits per heavy atom. The summed E-state index contributed by atoms with van der Waals surface area (Å²) in [5.41, 5.74) is 0. The van der Waals surface area contributed by atoms with Gasteiger partial charge < -0.3 is 4.74 Å². The van der Waals surface area contributed by atoms with Crippen molar-refractivity contribution in [3.8, 4) is 0 Å². The van der Waals surface area contributed by atoms with Gasteiger partial charge in [-0.15, -0.1) is 0 Å². The van der Waals surface area contributed by atoms with Crippen molar-refractivity contribution < 1.29 is 44.7 Å².